The Morgan fingerprint density at radius 2 is 1.72 bits per heavy atom. The predicted molar refractivity (Wildman–Crippen MR) is 113 cm³/mol. The average molecular weight is 439 g/mol. The summed E-state index contributed by atoms with van der Waals surface area (Å²) in [5.41, 5.74) is 3.69. The fraction of sp³-hybridized carbons (Fsp3) is 0.217. The lowest BCUT2D eigenvalue weighted by molar-refractivity contribution is -0.137. The summed E-state index contributed by atoms with van der Waals surface area (Å²) in [6, 6.07) is 14.5. The first-order chi connectivity index (χ1) is 15.1. The highest BCUT2D eigenvalue weighted by Crippen LogP contribution is 2.31. The quantitative estimate of drug-likeness (QED) is 0.413. The van der Waals surface area contributed by atoms with Gasteiger partial charge in [0.2, 0.25) is 5.82 Å². The molecule has 164 valence electrons. The number of halogens is 3. The Hall–Kier alpha value is -3.75. The summed E-state index contributed by atoms with van der Waals surface area (Å²) < 4.78 is 40.9. The lowest BCUT2D eigenvalue weighted by atomic mass is 10.1. The zero-order valence-electron chi connectivity index (χ0n) is 17.7. The molecule has 32 heavy (non-hydrogen) atoms. The van der Waals surface area contributed by atoms with Crippen molar-refractivity contribution in [1.82, 2.24) is 24.8 Å². The van der Waals surface area contributed by atoms with Crippen LogP contribution >= 0.6 is 0 Å². The Morgan fingerprint density at radius 1 is 1.00 bits per heavy atom. The summed E-state index contributed by atoms with van der Waals surface area (Å²) in [6.45, 7) is 5.61. The number of Topliss-reactive ketones (excluding diaryl/α,β-unsaturated/α-hetero) is 1. The summed E-state index contributed by atoms with van der Waals surface area (Å²) in [5, 5.41) is 11.8. The van der Waals surface area contributed by atoms with Crippen molar-refractivity contribution in [3.05, 3.63) is 82.7 Å². The molecule has 4 rings (SSSR count). The first kappa shape index (κ1) is 21.5. The molecule has 0 bridgehead atoms. The molecule has 0 spiro atoms. The van der Waals surface area contributed by atoms with Gasteiger partial charge in [0.25, 0.3) is 0 Å². The third kappa shape index (κ3) is 4.18. The molecule has 0 N–H and O–H groups in total. The van der Waals surface area contributed by atoms with Crippen LogP contribution in [0.1, 0.15) is 32.9 Å². The number of carbonyl (C=O) groups is 1. The van der Waals surface area contributed by atoms with Crippen LogP contribution in [0.15, 0.2) is 54.6 Å². The van der Waals surface area contributed by atoms with Gasteiger partial charge in [-0.1, -0.05) is 29.8 Å². The van der Waals surface area contributed by atoms with E-state index in [1.165, 1.54) is 12.1 Å². The van der Waals surface area contributed by atoms with Crippen molar-refractivity contribution in [2.24, 2.45) is 0 Å². The van der Waals surface area contributed by atoms with Crippen LogP contribution < -0.4 is 0 Å². The van der Waals surface area contributed by atoms with Gasteiger partial charge in [-0.15, -0.1) is 10.2 Å². The molecule has 2 aromatic heterocycles. The van der Waals surface area contributed by atoms with Crippen molar-refractivity contribution >= 4 is 5.78 Å². The van der Waals surface area contributed by atoms with Gasteiger partial charge in [-0.3, -0.25) is 4.79 Å². The van der Waals surface area contributed by atoms with Gasteiger partial charge in [0.15, 0.2) is 5.78 Å². The zero-order chi connectivity index (χ0) is 23.0. The number of nitrogens with zero attached hydrogens (tertiary/aromatic N) is 5. The molecule has 0 atom stereocenters. The van der Waals surface area contributed by atoms with Crippen molar-refractivity contribution in [2.45, 2.75) is 33.5 Å². The zero-order valence-corrected chi connectivity index (χ0v) is 17.7. The van der Waals surface area contributed by atoms with Crippen LogP contribution in [0.25, 0.3) is 17.1 Å². The molecule has 0 aliphatic heterocycles. The maximum Gasteiger partial charge on any atom is 0.416 e. The number of ketones is 1. The molecule has 0 radical (unpaired) electrons. The Kier molecular flexibility index (Phi) is 5.41. The standard InChI is InChI=1S/C23H20F3N5O/c1-14-7-9-19(10-8-14)31-15(2)11-20(16(31)3)21(32)13-30-28-22(27-29-30)17-5-4-6-18(12-17)23(24,25)26/h4-12H,13H2,1-3H3. The molecule has 0 fully saturated rings. The topological polar surface area (TPSA) is 65.6 Å². The molecule has 0 aliphatic rings. The summed E-state index contributed by atoms with van der Waals surface area (Å²) in [7, 11) is 0. The van der Waals surface area contributed by atoms with E-state index in [-0.39, 0.29) is 23.7 Å². The van der Waals surface area contributed by atoms with Gasteiger partial charge < -0.3 is 4.57 Å². The first-order valence-corrected chi connectivity index (χ1v) is 9.88. The monoisotopic (exact) mass is 439 g/mol. The maximum atomic E-state index is 13.0. The summed E-state index contributed by atoms with van der Waals surface area (Å²) >= 11 is 0. The minimum atomic E-state index is -4.47. The molecule has 6 nitrogen and oxygen atoms in total. The van der Waals surface area contributed by atoms with E-state index in [0.717, 1.165) is 39.6 Å². The molecule has 2 heterocycles. The summed E-state index contributed by atoms with van der Waals surface area (Å²) in [6.07, 6.45) is -4.47. The van der Waals surface area contributed by atoms with Crippen LogP contribution in [0, 0.1) is 20.8 Å². The lowest BCUT2D eigenvalue weighted by Gasteiger charge is -2.10. The van der Waals surface area contributed by atoms with Crippen LogP contribution in [0.5, 0.6) is 0 Å². The van der Waals surface area contributed by atoms with E-state index < -0.39 is 11.7 Å². The molecule has 0 unspecified atom stereocenters. The van der Waals surface area contributed by atoms with Gasteiger partial charge in [0.1, 0.15) is 6.54 Å². The Bertz CT molecular complexity index is 1290. The summed E-state index contributed by atoms with van der Waals surface area (Å²) in [5.74, 6) is -0.196. The van der Waals surface area contributed by atoms with Crippen molar-refractivity contribution in [3.63, 3.8) is 0 Å². The van der Waals surface area contributed by atoms with Crippen molar-refractivity contribution < 1.29 is 18.0 Å². The number of aromatic nitrogens is 5. The number of alkyl halides is 3. The smallest absolute Gasteiger partial charge is 0.318 e. The van der Waals surface area contributed by atoms with E-state index >= 15 is 0 Å². The predicted octanol–water partition coefficient (Wildman–Crippen LogP) is 4.96. The number of hydrogen-bond donors (Lipinski definition) is 0. The second-order valence-corrected chi connectivity index (χ2v) is 7.60. The highest BCUT2D eigenvalue weighted by Gasteiger charge is 2.30. The molecule has 4 aromatic rings. The third-order valence-electron chi connectivity index (χ3n) is 5.21. The van der Waals surface area contributed by atoms with Crippen molar-refractivity contribution in [3.8, 4) is 17.1 Å². The number of benzene rings is 2. The highest BCUT2D eigenvalue weighted by molar-refractivity contribution is 5.97. The highest BCUT2D eigenvalue weighted by atomic mass is 19.4. The molecule has 0 aliphatic carbocycles. The summed E-state index contributed by atoms with van der Waals surface area (Å²) in [4.78, 5) is 14.0. The third-order valence-corrected chi connectivity index (χ3v) is 5.21. The normalized spacial score (nSPS) is 11.7. The van der Waals surface area contributed by atoms with Crippen LogP contribution in [-0.4, -0.2) is 30.6 Å². The van der Waals surface area contributed by atoms with E-state index in [9.17, 15) is 18.0 Å². The van der Waals surface area contributed by atoms with E-state index in [1.807, 2.05) is 55.7 Å². The van der Waals surface area contributed by atoms with Gasteiger partial charge >= 0.3 is 6.18 Å². The first-order valence-electron chi connectivity index (χ1n) is 9.88. The van der Waals surface area contributed by atoms with E-state index in [2.05, 4.69) is 15.4 Å². The Labute approximate surface area is 182 Å². The average Bonchev–Trinajstić information content (AvgIpc) is 3.32. The van der Waals surface area contributed by atoms with Crippen LogP contribution in [-0.2, 0) is 12.7 Å². The van der Waals surface area contributed by atoms with Crippen LogP contribution in [0.3, 0.4) is 0 Å². The number of hydrogen-bond acceptors (Lipinski definition) is 4. The van der Waals surface area contributed by atoms with Crippen LogP contribution in [0.4, 0.5) is 13.2 Å². The van der Waals surface area contributed by atoms with Crippen molar-refractivity contribution in [2.75, 3.05) is 0 Å². The Morgan fingerprint density at radius 3 is 2.41 bits per heavy atom. The number of tetrazole rings is 1. The molecule has 2 aromatic carbocycles. The largest absolute Gasteiger partial charge is 0.416 e. The molecular weight excluding hydrogens is 419 g/mol. The van der Waals surface area contributed by atoms with E-state index in [1.54, 1.807) is 0 Å². The van der Waals surface area contributed by atoms with Crippen LogP contribution in [0.2, 0.25) is 0 Å². The van der Waals surface area contributed by atoms with Gasteiger partial charge in [-0.2, -0.15) is 18.0 Å². The second-order valence-electron chi connectivity index (χ2n) is 7.60. The van der Waals surface area contributed by atoms with Gasteiger partial charge in [-0.05, 0) is 56.3 Å². The molecule has 0 saturated heterocycles. The minimum Gasteiger partial charge on any atom is -0.318 e. The lowest BCUT2D eigenvalue weighted by Crippen LogP contribution is -2.14. The van der Waals surface area contributed by atoms with Gasteiger partial charge in [-0.25, -0.2) is 0 Å². The number of aryl methyl sites for hydroxylation is 2. The SMILES string of the molecule is Cc1ccc(-n2c(C)cc(C(=O)Cn3nnc(-c4cccc(C(F)(F)F)c4)n3)c2C)cc1. The molecule has 0 saturated carbocycles. The molecule has 9 heteroatoms. The molecule has 0 amide bonds. The minimum absolute atomic E-state index is 0.0222. The van der Waals surface area contributed by atoms with Gasteiger partial charge in [0, 0.05) is 28.2 Å². The van der Waals surface area contributed by atoms with Gasteiger partial charge in [0.05, 0.1) is 5.56 Å². The van der Waals surface area contributed by atoms with E-state index in [0.29, 0.717) is 5.56 Å². The Balaban J connectivity index is 1.57. The maximum absolute atomic E-state index is 13.0. The molecular formula is C23H20F3N5O. The van der Waals surface area contributed by atoms with Crippen molar-refractivity contribution in [1.29, 1.82) is 0 Å². The fourth-order valence-corrected chi connectivity index (χ4v) is 3.61. The van der Waals surface area contributed by atoms with E-state index in [4.69, 9.17) is 0 Å². The fourth-order valence-electron chi connectivity index (χ4n) is 3.61. The second kappa shape index (κ2) is 8.07. The number of rotatable bonds is 5. The number of carbonyl (C=O) groups excluding carboxylic acids is 1.